The Morgan fingerprint density at radius 3 is 2.58 bits per heavy atom. The van der Waals surface area contributed by atoms with Crippen LogP contribution in [0.5, 0.6) is 5.75 Å². The largest absolute Gasteiger partial charge is 0.497 e. The molecule has 31 heavy (non-hydrogen) atoms. The molecule has 9 nitrogen and oxygen atoms in total. The molecule has 0 spiro atoms. The molecule has 2 aromatic heterocycles. The summed E-state index contributed by atoms with van der Waals surface area (Å²) in [6.45, 7) is 5.16. The lowest BCUT2D eigenvalue weighted by molar-refractivity contribution is 0.0616. The number of ether oxygens (including phenoxy) is 1. The summed E-state index contributed by atoms with van der Waals surface area (Å²) in [6, 6.07) is 9.63. The van der Waals surface area contributed by atoms with Gasteiger partial charge in [-0.2, -0.15) is 10.2 Å². The average molecular weight is 539 g/mol. The Morgan fingerprint density at radius 1 is 1.23 bits per heavy atom. The molecule has 3 rings (SSSR count). The molecule has 0 fully saturated rings. The minimum absolute atomic E-state index is 0. The molecule has 2 heterocycles. The zero-order valence-corrected chi connectivity index (χ0v) is 20.6. The van der Waals surface area contributed by atoms with Gasteiger partial charge in [-0.3, -0.25) is 4.68 Å². The van der Waals surface area contributed by atoms with Gasteiger partial charge in [-0.15, -0.1) is 24.0 Å². The van der Waals surface area contributed by atoms with Gasteiger partial charge in [0, 0.05) is 31.5 Å². The van der Waals surface area contributed by atoms with E-state index in [1.54, 1.807) is 35.8 Å². The molecular formula is C21H30IN7O2. The number of guanidine groups is 1. The normalized spacial score (nSPS) is 13.3. The van der Waals surface area contributed by atoms with Gasteiger partial charge in [0.25, 0.3) is 0 Å². The first-order chi connectivity index (χ1) is 14.4. The summed E-state index contributed by atoms with van der Waals surface area (Å²) >= 11 is 0. The highest BCUT2D eigenvalue weighted by molar-refractivity contribution is 14.0. The van der Waals surface area contributed by atoms with Gasteiger partial charge in [-0.05, 0) is 44.2 Å². The number of rotatable bonds is 8. The van der Waals surface area contributed by atoms with Crippen LogP contribution in [0.3, 0.4) is 0 Å². The Hall–Kier alpha value is -2.60. The number of aliphatic hydroxyl groups is 1. The van der Waals surface area contributed by atoms with Crippen molar-refractivity contribution in [3.8, 4) is 11.4 Å². The van der Waals surface area contributed by atoms with Crippen molar-refractivity contribution in [2.45, 2.75) is 26.0 Å². The Balaban J connectivity index is 0.00000341. The SMILES string of the molecule is CCNC(=NCc1ccn(-c2ccc(OC)cc2)n1)NCC(C)(O)c1cnn(C)c1.I. The smallest absolute Gasteiger partial charge is 0.191 e. The Bertz CT molecular complexity index is 980. The van der Waals surface area contributed by atoms with Crippen LogP contribution >= 0.6 is 24.0 Å². The number of aryl methyl sites for hydroxylation is 1. The summed E-state index contributed by atoms with van der Waals surface area (Å²) < 4.78 is 8.66. The minimum Gasteiger partial charge on any atom is -0.497 e. The van der Waals surface area contributed by atoms with Crippen molar-refractivity contribution in [3.63, 3.8) is 0 Å². The maximum atomic E-state index is 10.7. The fraction of sp³-hybridized carbons (Fsp3) is 0.381. The minimum atomic E-state index is -1.07. The Labute approximate surface area is 199 Å². The van der Waals surface area contributed by atoms with E-state index < -0.39 is 5.60 Å². The highest BCUT2D eigenvalue weighted by Crippen LogP contribution is 2.18. The van der Waals surface area contributed by atoms with Crippen molar-refractivity contribution < 1.29 is 9.84 Å². The molecule has 1 aromatic carbocycles. The lowest BCUT2D eigenvalue weighted by Crippen LogP contribution is -2.44. The molecule has 1 atom stereocenters. The molecule has 0 aliphatic heterocycles. The van der Waals surface area contributed by atoms with Crippen LogP contribution in [-0.4, -0.2) is 50.8 Å². The second-order valence-electron chi connectivity index (χ2n) is 7.17. The van der Waals surface area contributed by atoms with Crippen molar-refractivity contribution in [3.05, 3.63) is 60.2 Å². The number of hydrogen-bond donors (Lipinski definition) is 3. The van der Waals surface area contributed by atoms with E-state index in [4.69, 9.17) is 4.74 Å². The van der Waals surface area contributed by atoms with E-state index >= 15 is 0 Å². The van der Waals surface area contributed by atoms with E-state index in [1.807, 2.05) is 50.5 Å². The first-order valence-electron chi connectivity index (χ1n) is 9.84. The van der Waals surface area contributed by atoms with E-state index in [9.17, 15) is 5.11 Å². The van der Waals surface area contributed by atoms with E-state index in [0.29, 0.717) is 25.6 Å². The third-order valence-corrected chi connectivity index (χ3v) is 4.65. The standard InChI is InChI=1S/C21H29N7O2.HI/c1-5-22-20(24-15-21(2,29)16-12-25-27(3)14-16)23-13-17-10-11-28(26-17)18-6-8-19(30-4)9-7-18;/h6-12,14,29H,5,13,15H2,1-4H3,(H2,22,23,24);1H. The van der Waals surface area contributed by atoms with Crippen molar-refractivity contribution in [1.29, 1.82) is 0 Å². The van der Waals surface area contributed by atoms with Crippen LogP contribution in [0.4, 0.5) is 0 Å². The maximum absolute atomic E-state index is 10.7. The summed E-state index contributed by atoms with van der Waals surface area (Å²) in [4.78, 5) is 4.59. The summed E-state index contributed by atoms with van der Waals surface area (Å²) in [6.07, 6.45) is 5.37. The molecular weight excluding hydrogens is 509 g/mol. The second-order valence-corrected chi connectivity index (χ2v) is 7.17. The van der Waals surface area contributed by atoms with Crippen molar-refractivity contribution >= 4 is 29.9 Å². The van der Waals surface area contributed by atoms with Gasteiger partial charge in [0.2, 0.25) is 0 Å². The van der Waals surface area contributed by atoms with Gasteiger partial charge < -0.3 is 20.5 Å². The first-order valence-corrected chi connectivity index (χ1v) is 9.84. The number of methoxy groups -OCH3 is 1. The monoisotopic (exact) mass is 539 g/mol. The molecule has 3 aromatic rings. The topological polar surface area (TPSA) is 102 Å². The first kappa shape index (κ1) is 24.7. The lowest BCUT2D eigenvalue weighted by Gasteiger charge is -2.23. The van der Waals surface area contributed by atoms with Crippen LogP contribution in [0, 0.1) is 0 Å². The van der Waals surface area contributed by atoms with E-state index in [0.717, 1.165) is 22.7 Å². The van der Waals surface area contributed by atoms with Crippen LogP contribution in [-0.2, 0) is 19.2 Å². The van der Waals surface area contributed by atoms with Crippen molar-refractivity contribution in [2.24, 2.45) is 12.0 Å². The molecule has 0 saturated heterocycles. The third-order valence-electron chi connectivity index (χ3n) is 4.65. The van der Waals surface area contributed by atoms with Gasteiger partial charge >= 0.3 is 0 Å². The van der Waals surface area contributed by atoms with Gasteiger partial charge in [0.1, 0.15) is 11.4 Å². The number of nitrogens with zero attached hydrogens (tertiary/aromatic N) is 5. The van der Waals surface area contributed by atoms with Gasteiger partial charge in [-0.1, -0.05) is 0 Å². The molecule has 0 bridgehead atoms. The van der Waals surface area contributed by atoms with E-state index in [2.05, 4.69) is 25.8 Å². The van der Waals surface area contributed by atoms with Gasteiger partial charge in [-0.25, -0.2) is 9.67 Å². The fourth-order valence-electron chi connectivity index (χ4n) is 2.88. The van der Waals surface area contributed by atoms with Crippen molar-refractivity contribution in [1.82, 2.24) is 30.2 Å². The molecule has 1 unspecified atom stereocenters. The third kappa shape index (κ3) is 6.69. The maximum Gasteiger partial charge on any atom is 0.191 e. The van der Waals surface area contributed by atoms with Gasteiger partial charge in [0.05, 0.1) is 37.8 Å². The average Bonchev–Trinajstić information content (AvgIpc) is 3.40. The molecule has 0 aliphatic carbocycles. The number of aliphatic imine (C=N–C) groups is 1. The van der Waals surface area contributed by atoms with Crippen LogP contribution < -0.4 is 15.4 Å². The molecule has 0 aliphatic rings. The van der Waals surface area contributed by atoms with Crippen LogP contribution in [0.2, 0.25) is 0 Å². The highest BCUT2D eigenvalue weighted by Gasteiger charge is 2.25. The van der Waals surface area contributed by atoms with Crippen molar-refractivity contribution in [2.75, 3.05) is 20.2 Å². The quantitative estimate of drug-likeness (QED) is 0.231. The predicted molar refractivity (Wildman–Crippen MR) is 131 cm³/mol. The Kier molecular flexibility index (Phi) is 8.87. The molecule has 3 N–H and O–H groups in total. The van der Waals surface area contributed by atoms with E-state index in [-0.39, 0.29) is 24.0 Å². The molecule has 0 radical (unpaired) electrons. The second kappa shape index (κ2) is 11.1. The number of aromatic nitrogens is 4. The molecule has 10 heteroatoms. The summed E-state index contributed by atoms with van der Waals surface area (Å²) in [7, 11) is 3.47. The fourth-order valence-corrected chi connectivity index (χ4v) is 2.88. The van der Waals surface area contributed by atoms with Gasteiger partial charge in [0.15, 0.2) is 5.96 Å². The summed E-state index contributed by atoms with van der Waals surface area (Å²) in [5, 5.41) is 25.8. The number of nitrogens with one attached hydrogen (secondary N) is 2. The van der Waals surface area contributed by atoms with E-state index in [1.165, 1.54) is 0 Å². The van der Waals surface area contributed by atoms with Crippen LogP contribution in [0.1, 0.15) is 25.1 Å². The lowest BCUT2D eigenvalue weighted by atomic mass is 10.00. The number of benzene rings is 1. The van der Waals surface area contributed by atoms with Crippen LogP contribution in [0.25, 0.3) is 5.69 Å². The number of hydrogen-bond acceptors (Lipinski definition) is 5. The molecule has 168 valence electrons. The Morgan fingerprint density at radius 2 is 1.97 bits per heavy atom. The zero-order valence-electron chi connectivity index (χ0n) is 18.2. The molecule has 0 saturated carbocycles. The number of halogens is 1. The zero-order chi connectivity index (χ0) is 21.6. The predicted octanol–water partition coefficient (Wildman–Crippen LogP) is 2.20. The van der Waals surface area contributed by atoms with Crippen LogP contribution in [0.15, 0.2) is 53.9 Å². The summed E-state index contributed by atoms with van der Waals surface area (Å²) in [5.41, 5.74) is 1.46. The molecule has 0 amide bonds. The summed E-state index contributed by atoms with van der Waals surface area (Å²) in [5.74, 6) is 1.42. The highest BCUT2D eigenvalue weighted by atomic mass is 127.